The molecule has 16 heavy (non-hydrogen) atoms. The van der Waals surface area contributed by atoms with Crippen molar-refractivity contribution in [3.63, 3.8) is 0 Å². The largest absolute Gasteiger partial charge is 0.463 e. The van der Waals surface area contributed by atoms with E-state index in [0.29, 0.717) is 0 Å². The van der Waals surface area contributed by atoms with Crippen molar-refractivity contribution in [2.75, 3.05) is 13.2 Å². The average Bonchev–Trinajstić information content (AvgIpc) is 2.08. The van der Waals surface area contributed by atoms with E-state index in [2.05, 4.69) is 21.2 Å². The molecule has 0 saturated heterocycles. The third kappa shape index (κ3) is 8.52. The van der Waals surface area contributed by atoms with E-state index in [-0.39, 0.29) is 23.9 Å². The van der Waals surface area contributed by atoms with Crippen molar-refractivity contribution in [1.82, 2.24) is 5.32 Å². The predicted molar refractivity (Wildman–Crippen MR) is 63.6 cm³/mol. The Hall–Kier alpha value is -0.780. The Bertz CT molecular complexity index is 248. The van der Waals surface area contributed by atoms with Gasteiger partial charge in [0.05, 0.1) is 6.54 Å². The maximum absolute atomic E-state index is 11.2. The summed E-state index contributed by atoms with van der Waals surface area (Å²) in [6.07, 6.45) is -0.518. The number of amides is 1. The molecule has 0 aromatic rings. The van der Waals surface area contributed by atoms with E-state index in [1.807, 2.05) is 0 Å². The molecule has 0 saturated carbocycles. The molecule has 0 heterocycles. The lowest BCUT2D eigenvalue weighted by Crippen LogP contribution is -2.34. The van der Waals surface area contributed by atoms with Gasteiger partial charge in [-0.2, -0.15) is 0 Å². The molecule has 0 radical (unpaired) electrons. The molecule has 94 valence electrons. The maximum Gasteiger partial charge on any atom is 0.407 e. The lowest BCUT2D eigenvalue weighted by molar-refractivity contribution is -0.142. The summed E-state index contributed by atoms with van der Waals surface area (Å²) in [5.41, 5.74) is -0.523. The minimum atomic E-state index is -0.523. The number of hydrogen-bond acceptors (Lipinski definition) is 4. The van der Waals surface area contributed by atoms with Gasteiger partial charge in [0, 0.05) is 0 Å². The molecule has 0 rings (SSSR count). The summed E-state index contributed by atoms with van der Waals surface area (Å²) in [6.45, 7) is 7.37. The van der Waals surface area contributed by atoms with Crippen molar-refractivity contribution in [3.8, 4) is 0 Å². The number of esters is 1. The van der Waals surface area contributed by atoms with Gasteiger partial charge in [0.2, 0.25) is 0 Å². The van der Waals surface area contributed by atoms with Gasteiger partial charge in [0.1, 0.15) is 17.0 Å². The van der Waals surface area contributed by atoms with Crippen LogP contribution in [0.25, 0.3) is 0 Å². The van der Waals surface area contributed by atoms with Crippen LogP contribution >= 0.6 is 15.9 Å². The summed E-state index contributed by atoms with van der Waals surface area (Å²) in [5, 5.41) is 2.48. The zero-order valence-corrected chi connectivity index (χ0v) is 11.6. The summed E-state index contributed by atoms with van der Waals surface area (Å²) in [7, 11) is 0. The van der Waals surface area contributed by atoms with E-state index in [9.17, 15) is 9.59 Å². The van der Waals surface area contributed by atoms with Crippen molar-refractivity contribution in [2.45, 2.75) is 38.1 Å². The Morgan fingerprint density at radius 1 is 1.38 bits per heavy atom. The molecule has 1 atom stereocenters. The van der Waals surface area contributed by atoms with Crippen LogP contribution in [0.5, 0.6) is 0 Å². The van der Waals surface area contributed by atoms with E-state index in [4.69, 9.17) is 9.47 Å². The van der Waals surface area contributed by atoms with Crippen molar-refractivity contribution in [2.24, 2.45) is 0 Å². The topological polar surface area (TPSA) is 64.6 Å². The van der Waals surface area contributed by atoms with Crippen LogP contribution in [0.15, 0.2) is 0 Å². The second-order valence-electron chi connectivity index (χ2n) is 4.21. The molecular weight excluding hydrogens is 278 g/mol. The van der Waals surface area contributed by atoms with Gasteiger partial charge < -0.3 is 14.8 Å². The molecule has 1 amide bonds. The highest BCUT2D eigenvalue weighted by atomic mass is 79.9. The van der Waals surface area contributed by atoms with Crippen molar-refractivity contribution < 1.29 is 19.1 Å². The first kappa shape index (κ1) is 15.2. The summed E-state index contributed by atoms with van der Waals surface area (Å²) < 4.78 is 9.82. The summed E-state index contributed by atoms with van der Waals surface area (Å²) in [4.78, 5) is 21.8. The highest BCUT2D eigenvalue weighted by molar-refractivity contribution is 9.10. The second kappa shape index (κ2) is 6.73. The molecule has 1 N–H and O–H groups in total. The average molecular weight is 296 g/mol. The molecular formula is C10H18BrNO4. The van der Waals surface area contributed by atoms with Gasteiger partial charge in [-0.05, 0) is 27.7 Å². The lowest BCUT2D eigenvalue weighted by atomic mass is 10.2. The predicted octanol–water partition coefficient (Wildman–Crippen LogP) is 1.84. The maximum atomic E-state index is 11.2. The van der Waals surface area contributed by atoms with E-state index in [1.54, 1.807) is 27.7 Å². The van der Waals surface area contributed by atoms with Gasteiger partial charge >= 0.3 is 12.1 Å². The Kier molecular flexibility index (Phi) is 6.40. The second-order valence-corrected chi connectivity index (χ2v) is 5.59. The Labute approximate surface area is 104 Å². The highest BCUT2D eigenvalue weighted by Gasteiger charge is 2.15. The third-order valence-corrected chi connectivity index (χ3v) is 1.71. The molecule has 6 heteroatoms. The standard InChI is InChI=1S/C10H18BrNO4/c1-7(11)8(13)15-6-5-12-9(14)16-10(2,3)4/h7H,5-6H2,1-4H3,(H,12,14). The van der Waals surface area contributed by atoms with E-state index < -0.39 is 11.7 Å². The van der Waals surface area contributed by atoms with E-state index >= 15 is 0 Å². The molecule has 0 aliphatic carbocycles. The summed E-state index contributed by atoms with van der Waals surface area (Å²) >= 11 is 3.07. The van der Waals surface area contributed by atoms with Crippen LogP contribution in [0.3, 0.4) is 0 Å². The normalized spacial score (nSPS) is 12.8. The van der Waals surface area contributed by atoms with Gasteiger partial charge in [0.15, 0.2) is 0 Å². The number of alkyl halides is 1. The molecule has 0 bridgehead atoms. The molecule has 1 unspecified atom stereocenters. The Morgan fingerprint density at radius 2 is 1.94 bits per heavy atom. The molecule has 0 aromatic heterocycles. The summed E-state index contributed by atoms with van der Waals surface area (Å²) in [6, 6.07) is 0. The van der Waals surface area contributed by atoms with Crippen LogP contribution in [0.1, 0.15) is 27.7 Å². The third-order valence-electron chi connectivity index (χ3n) is 1.34. The quantitative estimate of drug-likeness (QED) is 0.488. The lowest BCUT2D eigenvalue weighted by Gasteiger charge is -2.19. The first-order valence-electron chi connectivity index (χ1n) is 5.00. The number of carbonyl (C=O) groups is 2. The molecule has 0 aliphatic rings. The Morgan fingerprint density at radius 3 is 2.38 bits per heavy atom. The first-order valence-corrected chi connectivity index (χ1v) is 5.91. The van der Waals surface area contributed by atoms with Gasteiger partial charge in [-0.3, -0.25) is 4.79 Å². The van der Waals surface area contributed by atoms with Crippen LogP contribution in [0, 0.1) is 0 Å². The minimum Gasteiger partial charge on any atom is -0.463 e. The van der Waals surface area contributed by atoms with Crippen molar-refractivity contribution in [1.29, 1.82) is 0 Å². The molecule has 0 fully saturated rings. The van der Waals surface area contributed by atoms with Gasteiger partial charge in [-0.15, -0.1) is 0 Å². The minimum absolute atomic E-state index is 0.133. The molecule has 0 aromatic carbocycles. The SMILES string of the molecule is CC(Br)C(=O)OCCNC(=O)OC(C)(C)C. The fourth-order valence-corrected chi connectivity index (χ4v) is 0.866. The van der Waals surface area contributed by atoms with Crippen LogP contribution in [-0.2, 0) is 14.3 Å². The number of rotatable bonds is 4. The monoisotopic (exact) mass is 295 g/mol. The number of halogens is 1. The van der Waals surface area contributed by atoms with Gasteiger partial charge in [-0.1, -0.05) is 15.9 Å². The molecule has 5 nitrogen and oxygen atoms in total. The molecule has 0 spiro atoms. The van der Waals surface area contributed by atoms with Crippen LogP contribution in [0.2, 0.25) is 0 Å². The summed E-state index contributed by atoms with van der Waals surface area (Å²) in [5.74, 6) is -0.356. The first-order chi connectivity index (χ1) is 7.22. The zero-order chi connectivity index (χ0) is 12.8. The smallest absolute Gasteiger partial charge is 0.407 e. The number of carbonyl (C=O) groups excluding carboxylic acids is 2. The number of alkyl carbamates (subject to hydrolysis) is 1. The molecule has 0 aliphatic heterocycles. The Balaban J connectivity index is 3.60. The van der Waals surface area contributed by atoms with Crippen LogP contribution in [0.4, 0.5) is 4.79 Å². The van der Waals surface area contributed by atoms with Crippen molar-refractivity contribution >= 4 is 28.0 Å². The number of nitrogens with one attached hydrogen (secondary N) is 1. The van der Waals surface area contributed by atoms with E-state index in [0.717, 1.165) is 0 Å². The van der Waals surface area contributed by atoms with Gasteiger partial charge in [0.25, 0.3) is 0 Å². The number of ether oxygens (including phenoxy) is 2. The van der Waals surface area contributed by atoms with E-state index in [1.165, 1.54) is 0 Å². The van der Waals surface area contributed by atoms with Crippen LogP contribution in [-0.4, -0.2) is 35.6 Å². The zero-order valence-electron chi connectivity index (χ0n) is 10.0. The van der Waals surface area contributed by atoms with Crippen LogP contribution < -0.4 is 5.32 Å². The number of hydrogen-bond donors (Lipinski definition) is 1. The fraction of sp³-hybridized carbons (Fsp3) is 0.800. The highest BCUT2D eigenvalue weighted by Crippen LogP contribution is 2.06. The van der Waals surface area contributed by atoms with Crippen molar-refractivity contribution in [3.05, 3.63) is 0 Å². The van der Waals surface area contributed by atoms with Gasteiger partial charge in [-0.25, -0.2) is 4.79 Å². The fourth-order valence-electron chi connectivity index (χ4n) is 0.734.